The van der Waals surface area contributed by atoms with Crippen LogP contribution in [0.2, 0.25) is 5.02 Å². The Morgan fingerprint density at radius 2 is 1.60 bits per heavy atom. The van der Waals surface area contributed by atoms with Crippen LogP contribution in [0.1, 0.15) is 37.8 Å². The third kappa shape index (κ3) is 2.57. The molecule has 2 nitrogen and oxygen atoms in total. The highest BCUT2D eigenvalue weighted by atomic mass is 35.5. The Balaban J connectivity index is 3.26. The van der Waals surface area contributed by atoms with Crippen molar-refractivity contribution in [2.45, 2.75) is 39.5 Å². The molecule has 15 heavy (non-hydrogen) atoms. The van der Waals surface area contributed by atoms with Crippen LogP contribution in [-0.2, 0) is 12.8 Å². The smallest absolute Gasteiger partial charge is 0.161 e. The molecule has 3 heteroatoms. The first-order chi connectivity index (χ1) is 7.11. The summed E-state index contributed by atoms with van der Waals surface area (Å²) in [5.74, 6) is -0.131. The summed E-state index contributed by atoms with van der Waals surface area (Å²) in [6.45, 7) is 4.10. The van der Waals surface area contributed by atoms with Gasteiger partial charge in [-0.3, -0.25) is 0 Å². The summed E-state index contributed by atoms with van der Waals surface area (Å²) in [5.41, 5.74) is 1.76. The minimum Gasteiger partial charge on any atom is -0.504 e. The third-order valence-electron chi connectivity index (χ3n) is 2.44. The van der Waals surface area contributed by atoms with Gasteiger partial charge in [-0.05, 0) is 18.4 Å². The zero-order valence-corrected chi connectivity index (χ0v) is 9.93. The van der Waals surface area contributed by atoms with Crippen LogP contribution < -0.4 is 0 Å². The number of benzene rings is 1. The lowest BCUT2D eigenvalue weighted by atomic mass is 9.98. The SMILES string of the molecule is CCCc1c(Cl)cc(O)c(O)c1CCC. The maximum absolute atomic E-state index is 9.75. The van der Waals surface area contributed by atoms with Gasteiger partial charge < -0.3 is 10.2 Å². The molecule has 0 aliphatic rings. The highest BCUT2D eigenvalue weighted by Gasteiger charge is 2.14. The number of phenolic OH excluding ortho intramolecular Hbond substituents is 2. The fourth-order valence-corrected chi connectivity index (χ4v) is 2.07. The van der Waals surface area contributed by atoms with Gasteiger partial charge in [0.05, 0.1) is 0 Å². The summed E-state index contributed by atoms with van der Waals surface area (Å²) in [4.78, 5) is 0. The lowest BCUT2D eigenvalue weighted by molar-refractivity contribution is 0.398. The summed E-state index contributed by atoms with van der Waals surface area (Å²) in [6.07, 6.45) is 3.47. The zero-order valence-electron chi connectivity index (χ0n) is 9.18. The van der Waals surface area contributed by atoms with Crippen molar-refractivity contribution >= 4 is 11.6 Å². The highest BCUT2D eigenvalue weighted by Crippen LogP contribution is 2.37. The molecule has 0 spiro atoms. The molecular formula is C12H17ClO2. The Morgan fingerprint density at radius 1 is 1.07 bits per heavy atom. The van der Waals surface area contributed by atoms with Crippen molar-refractivity contribution in [1.82, 2.24) is 0 Å². The van der Waals surface area contributed by atoms with Gasteiger partial charge in [0.2, 0.25) is 0 Å². The van der Waals surface area contributed by atoms with Crippen LogP contribution in [0.15, 0.2) is 6.07 Å². The number of phenols is 2. The molecule has 1 rings (SSSR count). The van der Waals surface area contributed by atoms with E-state index in [2.05, 4.69) is 6.92 Å². The fraction of sp³-hybridized carbons (Fsp3) is 0.500. The summed E-state index contributed by atoms with van der Waals surface area (Å²) >= 11 is 6.05. The molecule has 84 valence electrons. The number of halogens is 1. The third-order valence-corrected chi connectivity index (χ3v) is 2.78. The standard InChI is InChI=1S/C12H17ClO2/c1-3-5-8-9(6-4-2)12(15)11(14)7-10(8)13/h7,14-15H,3-6H2,1-2H3. The lowest BCUT2D eigenvalue weighted by Crippen LogP contribution is -1.96. The second-order valence-corrected chi connectivity index (χ2v) is 4.09. The van der Waals surface area contributed by atoms with E-state index in [1.165, 1.54) is 6.07 Å². The first kappa shape index (κ1) is 12.2. The molecule has 0 aliphatic carbocycles. The van der Waals surface area contributed by atoms with Crippen molar-refractivity contribution < 1.29 is 10.2 Å². The molecule has 2 N–H and O–H groups in total. The van der Waals surface area contributed by atoms with E-state index in [1.54, 1.807) is 0 Å². The molecule has 0 unspecified atom stereocenters. The summed E-state index contributed by atoms with van der Waals surface area (Å²) in [5, 5.41) is 19.8. The lowest BCUT2D eigenvalue weighted by Gasteiger charge is -2.13. The Labute approximate surface area is 95.5 Å². The monoisotopic (exact) mass is 228 g/mol. The predicted molar refractivity (Wildman–Crippen MR) is 62.8 cm³/mol. The van der Waals surface area contributed by atoms with E-state index in [4.69, 9.17) is 11.6 Å². The normalized spacial score (nSPS) is 10.6. The molecule has 0 bridgehead atoms. The van der Waals surface area contributed by atoms with Gasteiger partial charge in [-0.15, -0.1) is 0 Å². The largest absolute Gasteiger partial charge is 0.504 e. The van der Waals surface area contributed by atoms with Crippen molar-refractivity contribution in [3.63, 3.8) is 0 Å². The first-order valence-corrected chi connectivity index (χ1v) is 5.71. The molecule has 1 aromatic rings. The van der Waals surface area contributed by atoms with E-state index in [1.807, 2.05) is 6.92 Å². The Bertz CT molecular complexity index is 348. The van der Waals surface area contributed by atoms with Gasteiger partial charge in [-0.2, -0.15) is 0 Å². The van der Waals surface area contributed by atoms with Crippen LogP contribution in [0.3, 0.4) is 0 Å². The number of hydrogen-bond donors (Lipinski definition) is 2. The Morgan fingerprint density at radius 3 is 2.13 bits per heavy atom. The van der Waals surface area contributed by atoms with Gasteiger partial charge in [0, 0.05) is 16.7 Å². The second-order valence-electron chi connectivity index (χ2n) is 3.68. The molecule has 0 fully saturated rings. The van der Waals surface area contributed by atoms with E-state index in [0.717, 1.165) is 36.8 Å². The zero-order chi connectivity index (χ0) is 11.4. The van der Waals surface area contributed by atoms with Gasteiger partial charge >= 0.3 is 0 Å². The van der Waals surface area contributed by atoms with Gasteiger partial charge in [-0.1, -0.05) is 38.3 Å². The Hall–Kier alpha value is -0.890. The number of aromatic hydroxyl groups is 2. The first-order valence-electron chi connectivity index (χ1n) is 5.33. The van der Waals surface area contributed by atoms with Crippen LogP contribution >= 0.6 is 11.6 Å². The van der Waals surface area contributed by atoms with E-state index in [0.29, 0.717) is 5.02 Å². The van der Waals surface area contributed by atoms with Crippen molar-refractivity contribution in [2.24, 2.45) is 0 Å². The van der Waals surface area contributed by atoms with Crippen LogP contribution in [-0.4, -0.2) is 10.2 Å². The van der Waals surface area contributed by atoms with Gasteiger partial charge in [0.25, 0.3) is 0 Å². The van der Waals surface area contributed by atoms with Crippen molar-refractivity contribution in [3.05, 3.63) is 22.2 Å². The van der Waals surface area contributed by atoms with Crippen molar-refractivity contribution in [3.8, 4) is 11.5 Å². The van der Waals surface area contributed by atoms with Crippen molar-refractivity contribution in [1.29, 1.82) is 0 Å². The maximum atomic E-state index is 9.75. The van der Waals surface area contributed by atoms with E-state index in [-0.39, 0.29) is 11.5 Å². The fourth-order valence-electron chi connectivity index (χ4n) is 1.76. The van der Waals surface area contributed by atoms with E-state index >= 15 is 0 Å². The molecule has 0 heterocycles. The molecule has 0 saturated carbocycles. The van der Waals surface area contributed by atoms with Gasteiger partial charge in [0.1, 0.15) is 0 Å². The molecular weight excluding hydrogens is 212 g/mol. The van der Waals surface area contributed by atoms with Gasteiger partial charge in [0.15, 0.2) is 11.5 Å². The van der Waals surface area contributed by atoms with Crippen molar-refractivity contribution in [2.75, 3.05) is 0 Å². The molecule has 0 amide bonds. The van der Waals surface area contributed by atoms with Gasteiger partial charge in [-0.25, -0.2) is 0 Å². The van der Waals surface area contributed by atoms with Crippen LogP contribution in [0.5, 0.6) is 11.5 Å². The maximum Gasteiger partial charge on any atom is 0.161 e. The van der Waals surface area contributed by atoms with Crippen LogP contribution in [0.25, 0.3) is 0 Å². The van der Waals surface area contributed by atoms with E-state index in [9.17, 15) is 10.2 Å². The average Bonchev–Trinajstić information content (AvgIpc) is 2.20. The summed E-state index contributed by atoms with van der Waals surface area (Å²) < 4.78 is 0. The average molecular weight is 229 g/mol. The minimum absolute atomic E-state index is 0.00954. The van der Waals surface area contributed by atoms with Crippen LogP contribution in [0.4, 0.5) is 0 Å². The molecule has 0 aromatic heterocycles. The number of hydrogen-bond acceptors (Lipinski definition) is 2. The quantitative estimate of drug-likeness (QED) is 0.773. The Kier molecular flexibility index (Phi) is 4.28. The topological polar surface area (TPSA) is 40.5 Å². The molecule has 0 aliphatic heterocycles. The molecule has 0 atom stereocenters. The predicted octanol–water partition coefficient (Wildman–Crippen LogP) is 3.66. The van der Waals surface area contributed by atoms with E-state index < -0.39 is 0 Å². The van der Waals surface area contributed by atoms with Crippen LogP contribution in [0, 0.1) is 0 Å². The highest BCUT2D eigenvalue weighted by molar-refractivity contribution is 6.31. The number of rotatable bonds is 4. The molecule has 0 saturated heterocycles. The minimum atomic E-state index is -0.122. The molecule has 1 aromatic carbocycles. The summed E-state index contributed by atoms with van der Waals surface area (Å²) in [6, 6.07) is 1.42. The molecule has 0 radical (unpaired) electrons. The second kappa shape index (κ2) is 5.26. The summed E-state index contributed by atoms with van der Waals surface area (Å²) in [7, 11) is 0.